The molecule has 4 amide bonds. The number of amides is 4. The van der Waals surface area contributed by atoms with Crippen LogP contribution >= 0.6 is 0 Å². The number of esters is 1. The molecule has 0 radical (unpaired) electrons. The average Bonchev–Trinajstić information content (AvgIpc) is 3.02. The number of nitrogens with one attached hydrogen (secondary N) is 3. The number of alkyl carbamates (subject to hydrolysis) is 1. The molecule has 2 aromatic rings. The number of methoxy groups -OCH3 is 1. The minimum atomic E-state index is -4.50. The zero-order valence-electron chi connectivity index (χ0n) is 27.8. The van der Waals surface area contributed by atoms with Crippen molar-refractivity contribution < 1.29 is 55.7 Å². The maximum absolute atomic E-state index is 13.1. The van der Waals surface area contributed by atoms with E-state index in [0.29, 0.717) is 24.8 Å². The highest BCUT2D eigenvalue weighted by atomic mass is 19.4. The quantitative estimate of drug-likeness (QED) is 0.100. The second-order valence-electron chi connectivity index (χ2n) is 11.9. The normalized spacial score (nSPS) is 11.9. The lowest BCUT2D eigenvalue weighted by Crippen LogP contribution is -2.47. The molecule has 0 aliphatic carbocycles. The van der Waals surface area contributed by atoms with Crippen molar-refractivity contribution in [2.45, 2.75) is 70.9 Å². The van der Waals surface area contributed by atoms with E-state index in [9.17, 15) is 41.5 Å². The third-order valence-electron chi connectivity index (χ3n) is 6.64. The van der Waals surface area contributed by atoms with E-state index in [2.05, 4.69) is 16.0 Å². The van der Waals surface area contributed by atoms with Gasteiger partial charge in [-0.3, -0.25) is 14.5 Å². The Hall–Kier alpha value is -4.89. The number of halogens is 4. The summed E-state index contributed by atoms with van der Waals surface area (Å²) < 4.78 is 66.4. The molecule has 16 heteroatoms. The zero-order chi connectivity index (χ0) is 36.6. The predicted molar refractivity (Wildman–Crippen MR) is 168 cm³/mol. The fourth-order valence-corrected chi connectivity index (χ4v) is 4.18. The van der Waals surface area contributed by atoms with Crippen molar-refractivity contribution in [3.05, 3.63) is 71.0 Å². The van der Waals surface area contributed by atoms with Gasteiger partial charge in [-0.25, -0.2) is 18.8 Å². The maximum Gasteiger partial charge on any atom is 0.416 e. The summed E-state index contributed by atoms with van der Waals surface area (Å²) in [5, 5.41) is 7.65. The van der Waals surface area contributed by atoms with Crippen LogP contribution in [0.5, 0.6) is 0 Å². The number of carbonyl (C=O) groups is 5. The van der Waals surface area contributed by atoms with Gasteiger partial charge in [0.05, 0.1) is 12.7 Å². The van der Waals surface area contributed by atoms with Crippen LogP contribution in [0.4, 0.5) is 27.2 Å². The van der Waals surface area contributed by atoms with Gasteiger partial charge in [-0.15, -0.1) is 0 Å². The summed E-state index contributed by atoms with van der Waals surface area (Å²) in [6, 6.07) is 8.77. The minimum absolute atomic E-state index is 0.111. The summed E-state index contributed by atoms with van der Waals surface area (Å²) in [5.41, 5.74) is -0.623. The SMILES string of the molecule is COC(=O)[C@H](CCCCNC(=O)CN(CC(=O)NCCc1ccc(F)cc1)C(=O)OC(C)(C)C)NC(=O)OCc1ccc(C(F)(F)F)cc1. The number of hydrogen-bond donors (Lipinski definition) is 3. The predicted octanol–water partition coefficient (Wildman–Crippen LogP) is 4.49. The largest absolute Gasteiger partial charge is 0.467 e. The van der Waals surface area contributed by atoms with E-state index in [1.165, 1.54) is 24.3 Å². The number of nitrogens with zero attached hydrogens (tertiary/aromatic N) is 1. The Balaban J connectivity index is 1.80. The summed E-state index contributed by atoms with van der Waals surface area (Å²) in [5.74, 6) is -2.22. The molecule has 12 nitrogen and oxygen atoms in total. The number of ether oxygens (including phenoxy) is 3. The van der Waals surface area contributed by atoms with E-state index in [0.717, 1.165) is 29.7 Å². The van der Waals surface area contributed by atoms with Crippen molar-refractivity contribution in [2.75, 3.05) is 33.3 Å². The fourth-order valence-electron chi connectivity index (χ4n) is 4.18. The van der Waals surface area contributed by atoms with Crippen LogP contribution in [0.15, 0.2) is 48.5 Å². The monoisotopic (exact) mass is 698 g/mol. The number of alkyl halides is 3. The Morgan fingerprint density at radius 2 is 1.39 bits per heavy atom. The van der Waals surface area contributed by atoms with Gasteiger partial charge in [0, 0.05) is 13.1 Å². The third kappa shape index (κ3) is 16.2. The second kappa shape index (κ2) is 19.2. The minimum Gasteiger partial charge on any atom is -0.467 e. The van der Waals surface area contributed by atoms with Crippen LogP contribution in [-0.4, -0.2) is 79.8 Å². The van der Waals surface area contributed by atoms with Crippen LogP contribution in [0.2, 0.25) is 0 Å². The molecule has 2 aromatic carbocycles. The lowest BCUT2D eigenvalue weighted by molar-refractivity contribution is -0.143. The molecule has 0 bridgehead atoms. The molecule has 0 aliphatic heterocycles. The summed E-state index contributed by atoms with van der Waals surface area (Å²) in [6.07, 6.45) is -5.11. The number of benzene rings is 2. The molecule has 1 atom stereocenters. The number of unbranched alkanes of at least 4 members (excludes halogenated alkanes) is 1. The lowest BCUT2D eigenvalue weighted by atomic mass is 10.1. The van der Waals surface area contributed by atoms with Gasteiger partial charge in [0.1, 0.15) is 37.2 Å². The first-order chi connectivity index (χ1) is 23.0. The zero-order valence-corrected chi connectivity index (χ0v) is 27.8. The van der Waals surface area contributed by atoms with Crippen LogP contribution in [-0.2, 0) is 47.8 Å². The molecule has 3 N–H and O–H groups in total. The molecule has 49 heavy (non-hydrogen) atoms. The van der Waals surface area contributed by atoms with Gasteiger partial charge in [0.15, 0.2) is 0 Å². The number of rotatable bonds is 16. The van der Waals surface area contributed by atoms with Gasteiger partial charge in [0.25, 0.3) is 0 Å². The highest BCUT2D eigenvalue weighted by Gasteiger charge is 2.30. The molecule has 270 valence electrons. The Morgan fingerprint density at radius 3 is 1.94 bits per heavy atom. The Bertz CT molecular complexity index is 1400. The third-order valence-corrected chi connectivity index (χ3v) is 6.64. The highest BCUT2D eigenvalue weighted by Crippen LogP contribution is 2.29. The van der Waals surface area contributed by atoms with Crippen LogP contribution in [0.3, 0.4) is 0 Å². The van der Waals surface area contributed by atoms with Crippen molar-refractivity contribution in [1.82, 2.24) is 20.9 Å². The lowest BCUT2D eigenvalue weighted by Gasteiger charge is -2.26. The Labute approximate surface area is 281 Å². The Kier molecular flexibility index (Phi) is 15.8. The van der Waals surface area contributed by atoms with Crippen molar-refractivity contribution in [1.29, 1.82) is 0 Å². The van der Waals surface area contributed by atoms with Crippen LogP contribution in [0, 0.1) is 5.82 Å². The van der Waals surface area contributed by atoms with Crippen molar-refractivity contribution in [3.8, 4) is 0 Å². The summed E-state index contributed by atoms with van der Waals surface area (Å²) >= 11 is 0. The van der Waals surface area contributed by atoms with E-state index < -0.39 is 66.4 Å². The van der Waals surface area contributed by atoms with Crippen LogP contribution in [0.25, 0.3) is 0 Å². The van der Waals surface area contributed by atoms with Crippen LogP contribution in [0.1, 0.15) is 56.7 Å². The summed E-state index contributed by atoms with van der Waals surface area (Å²) in [6.45, 7) is 4.02. The van der Waals surface area contributed by atoms with E-state index in [-0.39, 0.29) is 31.9 Å². The van der Waals surface area contributed by atoms with Gasteiger partial charge in [-0.05, 0) is 81.8 Å². The fraction of sp³-hybridized carbons (Fsp3) is 0.485. The molecule has 0 aromatic heterocycles. The standard InChI is InChI=1S/C33H42F4N4O8/c1-32(2,3)49-31(46)41(20-28(43)39-18-16-22-10-14-25(34)15-11-22)19-27(42)38-17-6-5-7-26(29(44)47-4)40-30(45)48-21-23-8-12-24(13-9-23)33(35,36)37/h8-15,26H,5-7,16-21H2,1-4H3,(H,38,42)(H,39,43)(H,40,45)/t26-/m0/s1. The van der Waals surface area contributed by atoms with E-state index in [1.54, 1.807) is 32.9 Å². The molecule has 0 saturated carbocycles. The van der Waals surface area contributed by atoms with Gasteiger partial charge in [-0.1, -0.05) is 24.3 Å². The van der Waals surface area contributed by atoms with E-state index in [4.69, 9.17) is 14.2 Å². The molecule has 0 unspecified atom stereocenters. The average molecular weight is 699 g/mol. The smallest absolute Gasteiger partial charge is 0.416 e. The number of carbonyl (C=O) groups excluding carboxylic acids is 5. The second-order valence-corrected chi connectivity index (χ2v) is 11.9. The van der Waals surface area contributed by atoms with E-state index >= 15 is 0 Å². The molecule has 0 heterocycles. The maximum atomic E-state index is 13.1. The molecule has 0 aliphatic rings. The van der Waals surface area contributed by atoms with Crippen molar-refractivity contribution >= 4 is 30.0 Å². The van der Waals surface area contributed by atoms with Crippen molar-refractivity contribution in [2.24, 2.45) is 0 Å². The first kappa shape index (κ1) is 40.3. The van der Waals surface area contributed by atoms with Crippen molar-refractivity contribution in [3.63, 3.8) is 0 Å². The van der Waals surface area contributed by atoms with Gasteiger partial charge >= 0.3 is 24.3 Å². The van der Waals surface area contributed by atoms with Crippen LogP contribution < -0.4 is 16.0 Å². The summed E-state index contributed by atoms with van der Waals surface area (Å²) in [7, 11) is 1.13. The highest BCUT2D eigenvalue weighted by molar-refractivity contribution is 5.87. The first-order valence-corrected chi connectivity index (χ1v) is 15.4. The summed E-state index contributed by atoms with van der Waals surface area (Å²) in [4.78, 5) is 63.4. The van der Waals surface area contributed by atoms with Gasteiger partial charge in [-0.2, -0.15) is 13.2 Å². The molecular formula is C33H42F4N4O8. The molecule has 0 fully saturated rings. The Morgan fingerprint density at radius 1 is 0.816 bits per heavy atom. The van der Waals surface area contributed by atoms with E-state index in [1.807, 2.05) is 0 Å². The molecular weight excluding hydrogens is 656 g/mol. The molecule has 2 rings (SSSR count). The molecule has 0 saturated heterocycles. The number of hydrogen-bond acceptors (Lipinski definition) is 8. The topological polar surface area (TPSA) is 152 Å². The van der Waals surface area contributed by atoms with Gasteiger partial charge in [0.2, 0.25) is 11.8 Å². The van der Waals surface area contributed by atoms with Gasteiger partial charge < -0.3 is 30.2 Å². The molecule has 0 spiro atoms. The first-order valence-electron chi connectivity index (χ1n) is 15.4.